The minimum atomic E-state index is -0.00564. The third-order valence-corrected chi connectivity index (χ3v) is 1.79. The SMILES string of the molecule is CC(C)C=NC=NC(C)(C)C.CC(C)N=CN=CC(C)(C)C. The maximum absolute atomic E-state index is 4.21. The van der Waals surface area contributed by atoms with Gasteiger partial charge in [-0.1, -0.05) is 34.6 Å². The van der Waals surface area contributed by atoms with Gasteiger partial charge >= 0.3 is 0 Å². The highest BCUT2D eigenvalue weighted by Crippen LogP contribution is 2.07. The van der Waals surface area contributed by atoms with Gasteiger partial charge in [0.2, 0.25) is 0 Å². The lowest BCUT2D eigenvalue weighted by Gasteiger charge is -2.08. The summed E-state index contributed by atoms with van der Waals surface area (Å²) in [5, 5.41) is 0. The van der Waals surface area contributed by atoms with Crippen molar-refractivity contribution in [1.29, 1.82) is 0 Å². The highest BCUT2D eigenvalue weighted by atomic mass is 14.9. The van der Waals surface area contributed by atoms with Crippen molar-refractivity contribution in [1.82, 2.24) is 0 Å². The lowest BCUT2D eigenvalue weighted by Crippen LogP contribution is -2.08. The average Bonchev–Trinajstić information content (AvgIpc) is 2.28. The predicted molar refractivity (Wildman–Crippen MR) is 103 cm³/mol. The van der Waals surface area contributed by atoms with Crippen molar-refractivity contribution in [3.8, 4) is 0 Å². The van der Waals surface area contributed by atoms with Crippen molar-refractivity contribution in [2.75, 3.05) is 0 Å². The first-order valence-electron chi connectivity index (χ1n) is 7.96. The third kappa shape index (κ3) is 27.1. The number of hydrogen-bond acceptors (Lipinski definition) is 2. The molecule has 0 bridgehead atoms. The van der Waals surface area contributed by atoms with E-state index in [1.807, 2.05) is 47.0 Å². The maximum Gasteiger partial charge on any atom is 0.110 e. The summed E-state index contributed by atoms with van der Waals surface area (Å²) in [5.41, 5.74) is 0.150. The topological polar surface area (TPSA) is 49.4 Å². The Kier molecular flexibility index (Phi) is 11.8. The van der Waals surface area contributed by atoms with Crippen LogP contribution in [0.3, 0.4) is 0 Å². The zero-order valence-corrected chi connectivity index (χ0v) is 16.3. The molecular weight excluding hydrogens is 272 g/mol. The van der Waals surface area contributed by atoms with E-state index in [1.54, 1.807) is 12.7 Å². The summed E-state index contributed by atoms with van der Waals surface area (Å²) in [5.74, 6) is 0.501. The zero-order chi connectivity index (χ0) is 17.8. The quantitative estimate of drug-likeness (QED) is 0.513. The predicted octanol–water partition coefficient (Wildman–Crippen LogP) is 5.08. The summed E-state index contributed by atoms with van der Waals surface area (Å²) in [4.78, 5) is 16.4. The third-order valence-electron chi connectivity index (χ3n) is 1.79. The van der Waals surface area contributed by atoms with Gasteiger partial charge in [-0.15, -0.1) is 0 Å². The van der Waals surface area contributed by atoms with E-state index in [4.69, 9.17) is 0 Å². The fraction of sp³-hybridized carbons (Fsp3) is 0.778. The first-order valence-corrected chi connectivity index (χ1v) is 7.96. The lowest BCUT2D eigenvalue weighted by molar-refractivity contribution is 0.586. The van der Waals surface area contributed by atoms with Crippen molar-refractivity contribution < 1.29 is 0 Å². The maximum atomic E-state index is 4.21. The second-order valence-electron chi connectivity index (χ2n) is 7.96. The van der Waals surface area contributed by atoms with Gasteiger partial charge in [-0.3, -0.25) is 9.98 Å². The number of rotatable bonds is 4. The standard InChI is InChI=1S/2C9H18N2/c1-8(2)11-7-10-6-9(3,4)5;1-8(2)6-10-7-11-9(3,4)5/h2*6-8H,1-5H3. The molecule has 0 aliphatic rings. The molecule has 0 aromatic rings. The molecule has 0 saturated carbocycles. The van der Waals surface area contributed by atoms with Gasteiger partial charge in [0.1, 0.15) is 12.7 Å². The summed E-state index contributed by atoms with van der Waals surface area (Å²) in [6, 6.07) is 0.340. The lowest BCUT2D eigenvalue weighted by atomic mass is 9.99. The number of nitrogens with zero attached hydrogens (tertiary/aromatic N) is 4. The summed E-state index contributed by atoms with van der Waals surface area (Å²) < 4.78 is 0. The Morgan fingerprint density at radius 2 is 1.32 bits per heavy atom. The molecular formula is C18H36N4. The largest absolute Gasteiger partial charge is 0.271 e. The monoisotopic (exact) mass is 308 g/mol. The molecule has 0 aliphatic carbocycles. The van der Waals surface area contributed by atoms with Crippen LogP contribution in [0.25, 0.3) is 0 Å². The van der Waals surface area contributed by atoms with E-state index < -0.39 is 0 Å². The Bertz CT molecular complexity index is 337. The van der Waals surface area contributed by atoms with E-state index in [0.29, 0.717) is 12.0 Å². The first kappa shape index (κ1) is 23.0. The van der Waals surface area contributed by atoms with Gasteiger partial charge in [0, 0.05) is 18.5 Å². The second kappa shape index (κ2) is 11.3. The Morgan fingerprint density at radius 1 is 0.773 bits per heavy atom. The Hall–Kier alpha value is -1.32. The fourth-order valence-corrected chi connectivity index (χ4v) is 0.846. The van der Waals surface area contributed by atoms with Crippen LogP contribution in [0.15, 0.2) is 20.0 Å². The molecule has 4 heteroatoms. The zero-order valence-electron chi connectivity index (χ0n) is 16.3. The van der Waals surface area contributed by atoms with Gasteiger partial charge in [-0.2, -0.15) is 0 Å². The summed E-state index contributed by atoms with van der Waals surface area (Å²) >= 11 is 0. The molecule has 0 amide bonds. The Labute approximate surface area is 138 Å². The van der Waals surface area contributed by atoms with Gasteiger partial charge in [0.15, 0.2) is 0 Å². The molecule has 0 saturated heterocycles. The number of hydrogen-bond donors (Lipinski definition) is 0. The van der Waals surface area contributed by atoms with Crippen LogP contribution in [0, 0.1) is 11.3 Å². The van der Waals surface area contributed by atoms with E-state index in [9.17, 15) is 0 Å². The Morgan fingerprint density at radius 3 is 1.68 bits per heavy atom. The molecule has 0 rings (SSSR count). The van der Waals surface area contributed by atoms with Crippen molar-refractivity contribution >= 4 is 25.1 Å². The first-order chi connectivity index (χ1) is 9.83. The summed E-state index contributed by atoms with van der Waals surface area (Å²) in [6.07, 6.45) is 7.03. The molecule has 0 atom stereocenters. The smallest absolute Gasteiger partial charge is 0.110 e. The minimum Gasteiger partial charge on any atom is -0.271 e. The van der Waals surface area contributed by atoms with Gasteiger partial charge < -0.3 is 0 Å². The van der Waals surface area contributed by atoms with Gasteiger partial charge in [0.05, 0.1) is 5.54 Å². The molecule has 0 fully saturated rings. The molecule has 22 heavy (non-hydrogen) atoms. The average molecular weight is 309 g/mol. The summed E-state index contributed by atoms with van der Waals surface area (Å²) in [7, 11) is 0. The van der Waals surface area contributed by atoms with Crippen LogP contribution in [-0.4, -0.2) is 36.7 Å². The molecule has 4 nitrogen and oxygen atoms in total. The molecule has 0 unspecified atom stereocenters. The highest BCUT2D eigenvalue weighted by Gasteiger charge is 2.04. The fourth-order valence-electron chi connectivity index (χ4n) is 0.846. The Balaban J connectivity index is 0. The summed E-state index contributed by atoms with van der Waals surface area (Å²) in [6.45, 7) is 20.7. The van der Waals surface area contributed by atoms with Crippen LogP contribution in [0.4, 0.5) is 0 Å². The van der Waals surface area contributed by atoms with Crippen molar-refractivity contribution in [3.05, 3.63) is 0 Å². The van der Waals surface area contributed by atoms with Crippen molar-refractivity contribution in [2.24, 2.45) is 31.3 Å². The van der Waals surface area contributed by atoms with Crippen LogP contribution in [0.5, 0.6) is 0 Å². The molecule has 0 aromatic carbocycles. The van der Waals surface area contributed by atoms with Gasteiger partial charge in [0.25, 0.3) is 0 Å². The second-order valence-corrected chi connectivity index (χ2v) is 7.96. The molecule has 128 valence electrons. The van der Waals surface area contributed by atoms with E-state index in [2.05, 4.69) is 54.6 Å². The van der Waals surface area contributed by atoms with E-state index >= 15 is 0 Å². The molecule has 0 aliphatic heterocycles. The number of aliphatic imine (C=N–C) groups is 4. The minimum absolute atomic E-state index is 0.00564. The van der Waals surface area contributed by atoms with E-state index in [0.717, 1.165) is 0 Å². The van der Waals surface area contributed by atoms with Crippen molar-refractivity contribution in [2.45, 2.75) is 80.8 Å². The van der Waals surface area contributed by atoms with Crippen LogP contribution < -0.4 is 0 Å². The highest BCUT2D eigenvalue weighted by molar-refractivity contribution is 5.75. The van der Waals surface area contributed by atoms with Crippen LogP contribution in [0.2, 0.25) is 0 Å². The molecule has 0 aromatic heterocycles. The van der Waals surface area contributed by atoms with Crippen LogP contribution in [0.1, 0.15) is 69.2 Å². The molecule has 0 heterocycles. The van der Waals surface area contributed by atoms with E-state index in [1.165, 1.54) is 0 Å². The van der Waals surface area contributed by atoms with E-state index in [-0.39, 0.29) is 11.0 Å². The molecule has 0 N–H and O–H groups in total. The van der Waals surface area contributed by atoms with Crippen LogP contribution in [-0.2, 0) is 0 Å². The molecule has 0 spiro atoms. The van der Waals surface area contributed by atoms with Gasteiger partial charge in [-0.05, 0) is 46.0 Å². The van der Waals surface area contributed by atoms with Crippen LogP contribution >= 0.6 is 0 Å². The molecule has 0 radical (unpaired) electrons. The van der Waals surface area contributed by atoms with Gasteiger partial charge in [-0.25, -0.2) is 9.98 Å². The van der Waals surface area contributed by atoms with Crippen molar-refractivity contribution in [3.63, 3.8) is 0 Å². The normalized spacial score (nSPS) is 14.0.